The van der Waals surface area contributed by atoms with Crippen molar-refractivity contribution in [1.82, 2.24) is 5.32 Å². The van der Waals surface area contributed by atoms with E-state index in [0.29, 0.717) is 11.9 Å². The molecule has 0 aromatic heterocycles. The van der Waals surface area contributed by atoms with Gasteiger partial charge in [0.1, 0.15) is 0 Å². The molecule has 0 aliphatic heterocycles. The molecular formula is C13H23NO. The van der Waals surface area contributed by atoms with Crippen molar-refractivity contribution in [2.45, 2.75) is 64.3 Å². The molecule has 3 atom stereocenters. The van der Waals surface area contributed by atoms with Gasteiger partial charge >= 0.3 is 0 Å². The fourth-order valence-corrected chi connectivity index (χ4v) is 3.24. The maximum atomic E-state index is 11.6. The summed E-state index contributed by atoms with van der Waals surface area (Å²) in [4.78, 5) is 11.6. The maximum Gasteiger partial charge on any atom is 0.220 e. The number of hydrogen-bond donors (Lipinski definition) is 1. The minimum atomic E-state index is 0.293. The van der Waals surface area contributed by atoms with Gasteiger partial charge in [-0.05, 0) is 37.5 Å². The van der Waals surface area contributed by atoms with Gasteiger partial charge < -0.3 is 5.32 Å². The Labute approximate surface area is 92.8 Å². The molecule has 2 aliphatic carbocycles. The molecule has 0 aromatic carbocycles. The van der Waals surface area contributed by atoms with Gasteiger partial charge in [-0.1, -0.05) is 26.2 Å². The lowest BCUT2D eigenvalue weighted by atomic mass is 9.95. The zero-order valence-electron chi connectivity index (χ0n) is 9.80. The van der Waals surface area contributed by atoms with E-state index in [0.717, 1.165) is 24.7 Å². The van der Waals surface area contributed by atoms with E-state index < -0.39 is 0 Å². The average Bonchev–Trinajstić information content (AvgIpc) is 2.79. The molecule has 86 valence electrons. The van der Waals surface area contributed by atoms with E-state index in [9.17, 15) is 4.79 Å². The number of hydrogen-bond acceptors (Lipinski definition) is 1. The molecule has 2 fully saturated rings. The van der Waals surface area contributed by atoms with Crippen molar-refractivity contribution in [3.8, 4) is 0 Å². The third-order valence-corrected chi connectivity index (χ3v) is 4.09. The van der Waals surface area contributed by atoms with Gasteiger partial charge in [-0.25, -0.2) is 0 Å². The first-order valence-electron chi connectivity index (χ1n) is 6.59. The summed E-state index contributed by atoms with van der Waals surface area (Å²) in [6.45, 7) is 2.17. The molecule has 0 spiro atoms. The van der Waals surface area contributed by atoms with Gasteiger partial charge in [-0.3, -0.25) is 4.79 Å². The minimum absolute atomic E-state index is 0.293. The van der Waals surface area contributed by atoms with Crippen LogP contribution in [0.3, 0.4) is 0 Å². The molecule has 2 aliphatic rings. The lowest BCUT2D eigenvalue weighted by Gasteiger charge is -2.22. The normalized spacial score (nSPS) is 33.3. The first kappa shape index (κ1) is 11.0. The van der Waals surface area contributed by atoms with Gasteiger partial charge in [0.15, 0.2) is 0 Å². The number of unbranched alkanes of at least 4 members (excludes halogenated alkanes) is 2. The first-order chi connectivity index (χ1) is 7.29. The molecule has 2 nitrogen and oxygen atoms in total. The first-order valence-corrected chi connectivity index (χ1v) is 6.59. The molecule has 2 bridgehead atoms. The van der Waals surface area contributed by atoms with Crippen LogP contribution in [0.2, 0.25) is 0 Å². The minimum Gasteiger partial charge on any atom is -0.353 e. The molecule has 0 aromatic rings. The van der Waals surface area contributed by atoms with Crippen LogP contribution in [0.15, 0.2) is 0 Å². The molecular weight excluding hydrogens is 186 g/mol. The van der Waals surface area contributed by atoms with Gasteiger partial charge in [0.05, 0.1) is 0 Å². The number of amides is 1. The summed E-state index contributed by atoms with van der Waals surface area (Å²) < 4.78 is 0. The molecule has 15 heavy (non-hydrogen) atoms. The number of carbonyl (C=O) groups is 1. The fourth-order valence-electron chi connectivity index (χ4n) is 3.24. The number of fused-ring (bicyclic) bond motifs is 2. The van der Waals surface area contributed by atoms with Gasteiger partial charge in [-0.2, -0.15) is 0 Å². The highest BCUT2D eigenvalue weighted by Gasteiger charge is 2.39. The van der Waals surface area contributed by atoms with Crippen LogP contribution < -0.4 is 5.32 Å². The van der Waals surface area contributed by atoms with Gasteiger partial charge in [0.2, 0.25) is 5.91 Å². The number of rotatable bonds is 5. The Kier molecular flexibility index (Phi) is 3.66. The summed E-state index contributed by atoms with van der Waals surface area (Å²) in [5.41, 5.74) is 0. The smallest absolute Gasteiger partial charge is 0.220 e. The molecule has 2 heteroatoms. The van der Waals surface area contributed by atoms with Crippen molar-refractivity contribution < 1.29 is 4.79 Å². The summed E-state index contributed by atoms with van der Waals surface area (Å²) in [6.07, 6.45) is 9.57. The maximum absolute atomic E-state index is 11.6. The Balaban J connectivity index is 1.66. The summed E-state index contributed by atoms with van der Waals surface area (Å²) in [6, 6.07) is 0.526. The van der Waals surface area contributed by atoms with E-state index in [4.69, 9.17) is 0 Å². The molecule has 0 heterocycles. The highest BCUT2D eigenvalue weighted by Crippen LogP contribution is 2.44. The zero-order valence-corrected chi connectivity index (χ0v) is 9.80. The molecule has 0 radical (unpaired) electrons. The standard InChI is InChI=1S/C13H23NO/c1-2-3-4-5-13(15)14-12-9-10-6-7-11(12)8-10/h10-12H,2-9H2,1H3,(H,14,15). The Bertz CT molecular complexity index is 227. The summed E-state index contributed by atoms with van der Waals surface area (Å²) >= 11 is 0. The van der Waals surface area contributed by atoms with Crippen molar-refractivity contribution >= 4 is 5.91 Å². The van der Waals surface area contributed by atoms with Crippen molar-refractivity contribution in [1.29, 1.82) is 0 Å². The van der Waals surface area contributed by atoms with Crippen LogP contribution >= 0.6 is 0 Å². The lowest BCUT2D eigenvalue weighted by molar-refractivity contribution is -0.122. The van der Waals surface area contributed by atoms with E-state index in [1.165, 1.54) is 38.5 Å². The van der Waals surface area contributed by atoms with Crippen LogP contribution in [0, 0.1) is 11.8 Å². The molecule has 2 rings (SSSR count). The molecule has 2 saturated carbocycles. The van der Waals surface area contributed by atoms with E-state index in [1.807, 2.05) is 0 Å². The largest absolute Gasteiger partial charge is 0.353 e. The predicted octanol–water partition coefficient (Wildman–Crippen LogP) is 2.87. The Hall–Kier alpha value is -0.530. The molecule has 3 unspecified atom stereocenters. The van der Waals surface area contributed by atoms with Gasteiger partial charge in [0.25, 0.3) is 0 Å². The summed E-state index contributed by atoms with van der Waals surface area (Å²) in [5.74, 6) is 2.03. The number of nitrogens with one attached hydrogen (secondary N) is 1. The third-order valence-electron chi connectivity index (χ3n) is 4.09. The van der Waals surface area contributed by atoms with Crippen molar-refractivity contribution in [2.75, 3.05) is 0 Å². The van der Waals surface area contributed by atoms with Crippen LogP contribution in [-0.2, 0) is 4.79 Å². The monoisotopic (exact) mass is 209 g/mol. The van der Waals surface area contributed by atoms with Gasteiger partial charge in [-0.15, -0.1) is 0 Å². The average molecular weight is 209 g/mol. The Morgan fingerprint density at radius 2 is 2.13 bits per heavy atom. The van der Waals surface area contributed by atoms with Crippen LogP contribution in [0.1, 0.15) is 58.3 Å². The van der Waals surface area contributed by atoms with Crippen LogP contribution in [0.4, 0.5) is 0 Å². The highest BCUT2D eigenvalue weighted by atomic mass is 16.1. The molecule has 1 amide bonds. The van der Waals surface area contributed by atoms with Crippen LogP contribution in [0.25, 0.3) is 0 Å². The van der Waals surface area contributed by atoms with E-state index in [1.54, 1.807) is 0 Å². The van der Waals surface area contributed by atoms with E-state index in [-0.39, 0.29) is 0 Å². The van der Waals surface area contributed by atoms with Crippen LogP contribution in [-0.4, -0.2) is 11.9 Å². The van der Waals surface area contributed by atoms with E-state index in [2.05, 4.69) is 12.2 Å². The molecule has 0 saturated heterocycles. The van der Waals surface area contributed by atoms with Gasteiger partial charge in [0, 0.05) is 12.5 Å². The second-order valence-electron chi connectivity index (χ2n) is 5.31. The third kappa shape index (κ3) is 2.73. The quantitative estimate of drug-likeness (QED) is 0.693. The Morgan fingerprint density at radius 1 is 1.27 bits per heavy atom. The second-order valence-corrected chi connectivity index (χ2v) is 5.31. The van der Waals surface area contributed by atoms with Crippen molar-refractivity contribution in [2.24, 2.45) is 11.8 Å². The van der Waals surface area contributed by atoms with Crippen molar-refractivity contribution in [3.63, 3.8) is 0 Å². The lowest BCUT2D eigenvalue weighted by Crippen LogP contribution is -2.38. The predicted molar refractivity (Wildman–Crippen MR) is 61.5 cm³/mol. The SMILES string of the molecule is CCCCCC(=O)NC1CC2CCC1C2. The highest BCUT2D eigenvalue weighted by molar-refractivity contribution is 5.76. The summed E-state index contributed by atoms with van der Waals surface area (Å²) in [5, 5.41) is 3.23. The topological polar surface area (TPSA) is 29.1 Å². The molecule has 1 N–H and O–H groups in total. The number of carbonyl (C=O) groups excluding carboxylic acids is 1. The second kappa shape index (κ2) is 5.00. The fraction of sp³-hybridized carbons (Fsp3) is 0.923. The Morgan fingerprint density at radius 3 is 2.73 bits per heavy atom. The van der Waals surface area contributed by atoms with Crippen molar-refractivity contribution in [3.05, 3.63) is 0 Å². The summed E-state index contributed by atoms with van der Waals surface area (Å²) in [7, 11) is 0. The zero-order chi connectivity index (χ0) is 10.7. The van der Waals surface area contributed by atoms with E-state index >= 15 is 0 Å². The van der Waals surface area contributed by atoms with Crippen LogP contribution in [0.5, 0.6) is 0 Å².